The number of carbonyl (C=O) groups is 1. The highest BCUT2D eigenvalue weighted by Crippen LogP contribution is 2.47. The molecule has 0 radical (unpaired) electrons. The van der Waals surface area contributed by atoms with Crippen molar-refractivity contribution in [3.05, 3.63) is 0 Å². The molecule has 1 amide bonds. The molecular weight excluding hydrogens is 194 g/mol. The summed E-state index contributed by atoms with van der Waals surface area (Å²) in [4.78, 5) is 17.4. The molecule has 0 bridgehead atoms. The summed E-state index contributed by atoms with van der Waals surface area (Å²) in [5, 5.41) is 10.6. The second kappa shape index (κ2) is 3.76. The molecule has 86 valence electrons. The Morgan fingerprint density at radius 3 is 2.87 bits per heavy atom. The topological polar surface area (TPSA) is 49.8 Å². The number of aliphatic hydroxyl groups excluding tert-OH is 1. The Morgan fingerprint density at radius 1 is 1.67 bits per heavy atom. The maximum atomic E-state index is 11.7. The van der Waals surface area contributed by atoms with Gasteiger partial charge in [-0.25, -0.2) is 5.06 Å². The molecular formula is C11H19NO3. The van der Waals surface area contributed by atoms with Gasteiger partial charge in [0.25, 0.3) is 0 Å². The molecule has 15 heavy (non-hydrogen) atoms. The fraction of sp³-hybridized carbons (Fsp3) is 0.909. The fourth-order valence-corrected chi connectivity index (χ4v) is 2.11. The van der Waals surface area contributed by atoms with Crippen LogP contribution in [0.25, 0.3) is 0 Å². The molecule has 2 rings (SSSR count). The summed E-state index contributed by atoms with van der Waals surface area (Å²) in [7, 11) is 0. The lowest BCUT2D eigenvalue weighted by molar-refractivity contribution is -0.201. The summed E-state index contributed by atoms with van der Waals surface area (Å²) in [5.41, 5.74) is -0.268. The molecule has 1 heterocycles. The van der Waals surface area contributed by atoms with Crippen LogP contribution in [0.4, 0.5) is 0 Å². The van der Waals surface area contributed by atoms with Gasteiger partial charge >= 0.3 is 0 Å². The first kappa shape index (κ1) is 10.9. The van der Waals surface area contributed by atoms with Crippen LogP contribution in [-0.4, -0.2) is 34.3 Å². The second-order valence-corrected chi connectivity index (χ2v) is 4.99. The van der Waals surface area contributed by atoms with E-state index >= 15 is 0 Å². The van der Waals surface area contributed by atoms with Crippen molar-refractivity contribution >= 4 is 5.91 Å². The SMILES string of the molecule is CC(O)CCN1OC(C)(C2CC2)CC1=O. The van der Waals surface area contributed by atoms with E-state index in [9.17, 15) is 4.79 Å². The van der Waals surface area contributed by atoms with Crippen molar-refractivity contribution in [2.24, 2.45) is 5.92 Å². The minimum atomic E-state index is -0.380. The molecule has 1 aliphatic heterocycles. The van der Waals surface area contributed by atoms with Gasteiger partial charge in [0.15, 0.2) is 0 Å². The Morgan fingerprint density at radius 2 is 2.33 bits per heavy atom. The predicted octanol–water partition coefficient (Wildman–Crippen LogP) is 1.09. The summed E-state index contributed by atoms with van der Waals surface area (Å²) in [6.07, 6.45) is 3.04. The maximum Gasteiger partial charge on any atom is 0.249 e. The lowest BCUT2D eigenvalue weighted by atomic mass is 9.97. The van der Waals surface area contributed by atoms with Crippen LogP contribution in [0.2, 0.25) is 0 Å². The van der Waals surface area contributed by atoms with Crippen LogP contribution in [0, 0.1) is 5.92 Å². The van der Waals surface area contributed by atoms with E-state index in [1.165, 1.54) is 17.9 Å². The maximum absolute atomic E-state index is 11.7. The van der Waals surface area contributed by atoms with E-state index < -0.39 is 0 Å². The normalized spacial score (nSPS) is 33.5. The lowest BCUT2D eigenvalue weighted by Gasteiger charge is -2.23. The van der Waals surface area contributed by atoms with Gasteiger partial charge in [-0.1, -0.05) is 0 Å². The number of nitrogens with zero attached hydrogens (tertiary/aromatic N) is 1. The number of carbonyl (C=O) groups excluding carboxylic acids is 1. The van der Waals surface area contributed by atoms with E-state index in [0.717, 1.165) is 0 Å². The molecule has 1 saturated carbocycles. The van der Waals surface area contributed by atoms with E-state index in [2.05, 4.69) is 0 Å². The molecule has 1 saturated heterocycles. The quantitative estimate of drug-likeness (QED) is 0.760. The van der Waals surface area contributed by atoms with Gasteiger partial charge in [-0.15, -0.1) is 0 Å². The van der Waals surface area contributed by atoms with Crippen molar-refractivity contribution in [1.29, 1.82) is 0 Å². The van der Waals surface area contributed by atoms with Crippen molar-refractivity contribution in [1.82, 2.24) is 5.06 Å². The van der Waals surface area contributed by atoms with Gasteiger partial charge in [0, 0.05) is 0 Å². The highest BCUT2D eigenvalue weighted by Gasteiger charge is 2.51. The Kier molecular flexibility index (Phi) is 2.73. The molecule has 0 spiro atoms. The predicted molar refractivity (Wildman–Crippen MR) is 54.8 cm³/mol. The Bertz CT molecular complexity index is 263. The summed E-state index contributed by atoms with van der Waals surface area (Å²) >= 11 is 0. The molecule has 0 aromatic rings. The average Bonchev–Trinajstić information content (AvgIpc) is 2.91. The zero-order chi connectivity index (χ0) is 11.1. The van der Waals surface area contributed by atoms with E-state index in [0.29, 0.717) is 25.3 Å². The molecule has 2 aliphatic rings. The van der Waals surface area contributed by atoms with Crippen molar-refractivity contribution < 1.29 is 14.7 Å². The summed E-state index contributed by atoms with van der Waals surface area (Å²) in [6, 6.07) is 0. The Hall–Kier alpha value is -0.610. The highest BCUT2D eigenvalue weighted by atomic mass is 16.7. The van der Waals surface area contributed by atoms with Gasteiger partial charge in [0.05, 0.1) is 19.1 Å². The van der Waals surface area contributed by atoms with Crippen LogP contribution in [0.5, 0.6) is 0 Å². The molecule has 2 unspecified atom stereocenters. The third-order valence-electron chi connectivity index (χ3n) is 3.29. The Balaban J connectivity index is 1.89. The molecule has 1 aliphatic carbocycles. The third-order valence-corrected chi connectivity index (χ3v) is 3.29. The number of aliphatic hydroxyl groups is 1. The number of hydrogen-bond donors (Lipinski definition) is 1. The number of hydroxylamine groups is 2. The summed E-state index contributed by atoms with van der Waals surface area (Å²) < 4.78 is 0. The van der Waals surface area contributed by atoms with Crippen LogP contribution >= 0.6 is 0 Å². The molecule has 2 fully saturated rings. The zero-order valence-electron chi connectivity index (χ0n) is 9.40. The fourth-order valence-electron chi connectivity index (χ4n) is 2.11. The minimum absolute atomic E-state index is 0.0602. The first-order chi connectivity index (χ1) is 7.01. The first-order valence-electron chi connectivity index (χ1n) is 5.69. The zero-order valence-corrected chi connectivity index (χ0v) is 9.40. The van der Waals surface area contributed by atoms with Crippen molar-refractivity contribution in [2.75, 3.05) is 6.54 Å². The van der Waals surface area contributed by atoms with E-state index in [4.69, 9.17) is 9.94 Å². The van der Waals surface area contributed by atoms with Gasteiger partial charge in [-0.2, -0.15) is 0 Å². The van der Waals surface area contributed by atoms with Gasteiger partial charge in [0.1, 0.15) is 5.60 Å². The summed E-state index contributed by atoms with van der Waals surface area (Å²) in [6.45, 7) is 4.24. The molecule has 4 heteroatoms. The number of hydrogen-bond acceptors (Lipinski definition) is 3. The van der Waals surface area contributed by atoms with Gasteiger partial charge in [0.2, 0.25) is 5.91 Å². The first-order valence-corrected chi connectivity index (χ1v) is 5.69. The monoisotopic (exact) mass is 213 g/mol. The van der Waals surface area contributed by atoms with Crippen molar-refractivity contribution in [3.63, 3.8) is 0 Å². The van der Waals surface area contributed by atoms with Crippen LogP contribution < -0.4 is 0 Å². The highest BCUT2D eigenvalue weighted by molar-refractivity contribution is 5.78. The second-order valence-electron chi connectivity index (χ2n) is 4.99. The molecule has 0 aromatic heterocycles. The Labute approximate surface area is 90.2 Å². The lowest BCUT2D eigenvalue weighted by Crippen LogP contribution is -2.31. The summed E-state index contributed by atoms with van der Waals surface area (Å²) in [5.74, 6) is 0.614. The average molecular weight is 213 g/mol. The van der Waals surface area contributed by atoms with E-state index in [1.807, 2.05) is 6.92 Å². The molecule has 1 N–H and O–H groups in total. The molecule has 2 atom stereocenters. The van der Waals surface area contributed by atoms with Crippen LogP contribution in [0.3, 0.4) is 0 Å². The standard InChI is InChI=1S/C11H19NO3/c1-8(13)5-6-12-10(14)7-11(2,15-12)9-3-4-9/h8-9,13H,3-7H2,1-2H3. The van der Waals surface area contributed by atoms with E-state index in [1.54, 1.807) is 6.92 Å². The van der Waals surface area contributed by atoms with Crippen LogP contribution in [0.1, 0.15) is 39.5 Å². The molecule has 4 nitrogen and oxygen atoms in total. The van der Waals surface area contributed by atoms with Gasteiger partial charge < -0.3 is 5.11 Å². The van der Waals surface area contributed by atoms with Gasteiger partial charge in [-0.3, -0.25) is 9.63 Å². The van der Waals surface area contributed by atoms with Crippen molar-refractivity contribution in [3.8, 4) is 0 Å². The van der Waals surface area contributed by atoms with Crippen molar-refractivity contribution in [2.45, 2.75) is 51.2 Å². The van der Waals surface area contributed by atoms with E-state index in [-0.39, 0.29) is 17.6 Å². The minimum Gasteiger partial charge on any atom is -0.393 e. The van der Waals surface area contributed by atoms with Crippen LogP contribution in [0.15, 0.2) is 0 Å². The third kappa shape index (κ3) is 2.32. The number of rotatable bonds is 4. The van der Waals surface area contributed by atoms with Gasteiger partial charge in [-0.05, 0) is 39.0 Å². The van der Waals surface area contributed by atoms with Crippen LogP contribution in [-0.2, 0) is 9.63 Å². The molecule has 0 aromatic carbocycles. The number of amides is 1. The largest absolute Gasteiger partial charge is 0.393 e. The smallest absolute Gasteiger partial charge is 0.249 e.